The molecule has 10 heteroatoms. The number of thioether (sulfide) groups is 1. The topological polar surface area (TPSA) is 136 Å². The van der Waals surface area contributed by atoms with Gasteiger partial charge in [-0.3, -0.25) is 14.4 Å². The van der Waals surface area contributed by atoms with Gasteiger partial charge in [0.15, 0.2) is 5.17 Å². The molecule has 0 spiro atoms. The number of hydrogen-bond donors (Lipinski definition) is 4. The Bertz CT molecular complexity index is 1240. The summed E-state index contributed by atoms with van der Waals surface area (Å²) in [6, 6.07) is 17.7. The van der Waals surface area contributed by atoms with E-state index in [1.807, 2.05) is 54.6 Å². The largest absolute Gasteiger partial charge is 0.480 e. The highest BCUT2D eigenvalue weighted by molar-refractivity contribution is 8.15. The molecule has 2 aromatic carbocycles. The standard InChI is InChI=1S/C22H19N5O4S/c28-18(23-12-19(29)30)10-17-21(31)26-22(32-17)27-24-11-15-14-8-4-5-9-16(14)25-20(15)13-6-2-1-3-7-13/h1-9,11,17,25H,10,12H2,(H,23,28)(H,29,30)(H,26,27,31). The normalized spacial score (nSPS) is 17.2. The fraction of sp³-hybridized carbons (Fsp3) is 0.136. The lowest BCUT2D eigenvalue weighted by atomic mass is 10.1. The summed E-state index contributed by atoms with van der Waals surface area (Å²) in [5, 5.41) is 22.3. The quantitative estimate of drug-likeness (QED) is 0.324. The van der Waals surface area contributed by atoms with Crippen LogP contribution in [0.2, 0.25) is 0 Å². The van der Waals surface area contributed by atoms with Gasteiger partial charge in [0.1, 0.15) is 11.8 Å². The van der Waals surface area contributed by atoms with E-state index >= 15 is 0 Å². The summed E-state index contributed by atoms with van der Waals surface area (Å²) in [4.78, 5) is 37.8. The fourth-order valence-corrected chi connectivity index (χ4v) is 4.19. The van der Waals surface area contributed by atoms with Crippen molar-refractivity contribution in [1.82, 2.24) is 15.6 Å². The molecule has 0 radical (unpaired) electrons. The Labute approximate surface area is 187 Å². The third kappa shape index (κ3) is 4.86. The zero-order chi connectivity index (χ0) is 22.5. The minimum atomic E-state index is -1.15. The number of para-hydroxylation sites is 1. The molecule has 1 fully saturated rings. The Morgan fingerprint density at radius 3 is 2.66 bits per heavy atom. The summed E-state index contributed by atoms with van der Waals surface area (Å²) in [6.45, 7) is -0.489. The minimum absolute atomic E-state index is 0.146. The zero-order valence-corrected chi connectivity index (χ0v) is 17.6. The first-order chi connectivity index (χ1) is 15.5. The Hall–Kier alpha value is -3.92. The number of aromatic nitrogens is 1. The van der Waals surface area contributed by atoms with Crippen LogP contribution in [0.25, 0.3) is 22.2 Å². The highest BCUT2D eigenvalue weighted by Crippen LogP contribution is 2.29. The average molecular weight is 449 g/mol. The zero-order valence-electron chi connectivity index (χ0n) is 16.7. The molecule has 0 saturated carbocycles. The fourth-order valence-electron chi connectivity index (χ4n) is 3.27. The smallest absolute Gasteiger partial charge is 0.322 e. The highest BCUT2D eigenvalue weighted by atomic mass is 32.2. The molecule has 0 aliphatic carbocycles. The third-order valence-electron chi connectivity index (χ3n) is 4.73. The number of carbonyl (C=O) groups excluding carboxylic acids is 2. The van der Waals surface area contributed by atoms with E-state index in [0.29, 0.717) is 0 Å². The number of aliphatic carboxylic acids is 1. The maximum Gasteiger partial charge on any atom is 0.322 e. The molecule has 1 saturated heterocycles. The van der Waals surface area contributed by atoms with Crippen molar-refractivity contribution < 1.29 is 19.5 Å². The molecule has 1 atom stereocenters. The second-order valence-electron chi connectivity index (χ2n) is 6.95. The maximum atomic E-state index is 12.1. The number of H-pyrrole nitrogens is 1. The average Bonchev–Trinajstić information content (AvgIpc) is 3.33. The molecular weight excluding hydrogens is 430 g/mol. The van der Waals surface area contributed by atoms with E-state index in [-0.39, 0.29) is 17.5 Å². The van der Waals surface area contributed by atoms with E-state index in [4.69, 9.17) is 5.11 Å². The van der Waals surface area contributed by atoms with Crippen LogP contribution < -0.4 is 10.6 Å². The molecule has 4 rings (SSSR count). The first-order valence-corrected chi connectivity index (χ1v) is 10.6. The van der Waals surface area contributed by atoms with Crippen molar-refractivity contribution in [3.8, 4) is 11.3 Å². The van der Waals surface area contributed by atoms with Crippen molar-refractivity contribution in [3.05, 3.63) is 60.2 Å². The first-order valence-electron chi connectivity index (χ1n) is 9.74. The summed E-state index contributed by atoms with van der Waals surface area (Å²) in [5.41, 5.74) is 3.76. The molecule has 2 amide bonds. The number of amidine groups is 1. The first kappa shape index (κ1) is 21.3. The van der Waals surface area contributed by atoms with Crippen molar-refractivity contribution >= 4 is 51.8 Å². The van der Waals surface area contributed by atoms with Crippen LogP contribution in [0.4, 0.5) is 0 Å². The number of carbonyl (C=O) groups is 3. The summed E-state index contributed by atoms with van der Waals surface area (Å²) in [6.07, 6.45) is 1.49. The van der Waals surface area contributed by atoms with Crippen LogP contribution in [0.5, 0.6) is 0 Å². The lowest BCUT2D eigenvalue weighted by Crippen LogP contribution is -2.33. The van der Waals surface area contributed by atoms with Crippen LogP contribution in [-0.2, 0) is 14.4 Å². The van der Waals surface area contributed by atoms with E-state index in [1.54, 1.807) is 6.21 Å². The van der Waals surface area contributed by atoms with Gasteiger partial charge in [-0.25, -0.2) is 0 Å². The molecule has 1 aliphatic heterocycles. The van der Waals surface area contributed by atoms with Gasteiger partial charge in [-0.2, -0.15) is 5.10 Å². The monoisotopic (exact) mass is 449 g/mol. The summed E-state index contributed by atoms with van der Waals surface area (Å²) < 4.78 is 0. The van der Waals surface area contributed by atoms with Gasteiger partial charge in [-0.05, 0) is 11.6 Å². The molecule has 2 heterocycles. The molecule has 1 unspecified atom stereocenters. The number of nitrogens with one attached hydrogen (secondary N) is 3. The molecule has 1 aromatic heterocycles. The Morgan fingerprint density at radius 2 is 1.88 bits per heavy atom. The van der Waals surface area contributed by atoms with E-state index < -0.39 is 23.7 Å². The maximum absolute atomic E-state index is 12.1. The van der Waals surface area contributed by atoms with Crippen molar-refractivity contribution in [3.63, 3.8) is 0 Å². The number of hydrogen-bond acceptors (Lipinski definition) is 6. The number of nitrogens with zero attached hydrogens (tertiary/aromatic N) is 2. The highest BCUT2D eigenvalue weighted by Gasteiger charge is 2.32. The third-order valence-corrected chi connectivity index (χ3v) is 5.80. The van der Waals surface area contributed by atoms with E-state index in [9.17, 15) is 14.4 Å². The Balaban J connectivity index is 1.51. The summed E-state index contributed by atoms with van der Waals surface area (Å²) in [7, 11) is 0. The van der Waals surface area contributed by atoms with Gasteiger partial charge >= 0.3 is 5.97 Å². The van der Waals surface area contributed by atoms with Crippen LogP contribution in [0.3, 0.4) is 0 Å². The van der Waals surface area contributed by atoms with E-state index in [2.05, 4.69) is 25.8 Å². The van der Waals surface area contributed by atoms with E-state index in [1.165, 1.54) is 0 Å². The number of aromatic amines is 1. The summed E-state index contributed by atoms with van der Waals surface area (Å²) in [5.74, 6) is -2.03. The number of carboxylic acids is 1. The van der Waals surface area contributed by atoms with Gasteiger partial charge in [-0.1, -0.05) is 60.3 Å². The van der Waals surface area contributed by atoms with Gasteiger partial charge in [0.2, 0.25) is 11.8 Å². The molecule has 4 N–H and O–H groups in total. The number of carboxylic acid groups (broad SMARTS) is 1. The van der Waals surface area contributed by atoms with Gasteiger partial charge in [0.05, 0.1) is 11.9 Å². The summed E-state index contributed by atoms with van der Waals surface area (Å²) >= 11 is 1.08. The minimum Gasteiger partial charge on any atom is -0.480 e. The second kappa shape index (κ2) is 9.48. The van der Waals surface area contributed by atoms with Gasteiger partial charge in [0.25, 0.3) is 0 Å². The van der Waals surface area contributed by atoms with Gasteiger partial charge in [0, 0.05) is 22.9 Å². The number of fused-ring (bicyclic) bond motifs is 1. The lowest BCUT2D eigenvalue weighted by molar-refractivity contribution is -0.137. The van der Waals surface area contributed by atoms with Crippen molar-refractivity contribution in [2.75, 3.05) is 6.54 Å². The van der Waals surface area contributed by atoms with Crippen LogP contribution in [0.1, 0.15) is 12.0 Å². The van der Waals surface area contributed by atoms with Gasteiger partial charge < -0.3 is 20.7 Å². The molecule has 1 aliphatic rings. The van der Waals surface area contributed by atoms with Crippen molar-refractivity contribution in [2.45, 2.75) is 11.7 Å². The number of amides is 2. The predicted molar refractivity (Wildman–Crippen MR) is 124 cm³/mol. The van der Waals surface area contributed by atoms with Crippen molar-refractivity contribution in [2.24, 2.45) is 10.2 Å². The van der Waals surface area contributed by atoms with Crippen molar-refractivity contribution in [1.29, 1.82) is 0 Å². The SMILES string of the molecule is O=C(O)CNC(=O)CC1SC(=NN=Cc2c(-c3ccccc3)[nH]c3ccccc23)NC1=O. The molecule has 3 aromatic rings. The van der Waals surface area contributed by atoms with E-state index in [0.717, 1.165) is 39.5 Å². The molecule has 32 heavy (non-hydrogen) atoms. The Morgan fingerprint density at radius 1 is 1.12 bits per heavy atom. The van der Waals surface area contributed by atoms with Crippen LogP contribution in [-0.4, -0.2) is 51.1 Å². The van der Waals surface area contributed by atoms with Crippen LogP contribution in [0.15, 0.2) is 64.8 Å². The molecular formula is C22H19N5O4S. The molecule has 0 bridgehead atoms. The second-order valence-corrected chi connectivity index (χ2v) is 8.14. The predicted octanol–water partition coefficient (Wildman–Crippen LogP) is 2.35. The number of rotatable bonds is 7. The van der Waals surface area contributed by atoms with Crippen LogP contribution in [0, 0.1) is 0 Å². The van der Waals surface area contributed by atoms with Gasteiger partial charge in [-0.15, -0.1) is 5.10 Å². The molecule has 162 valence electrons. The Kier molecular flexibility index (Phi) is 6.31. The van der Waals surface area contributed by atoms with Crippen LogP contribution >= 0.6 is 11.8 Å². The molecule has 9 nitrogen and oxygen atoms in total. The lowest BCUT2D eigenvalue weighted by Gasteiger charge is -2.04. The number of benzene rings is 2.